The first-order valence-corrected chi connectivity index (χ1v) is 11.9. The normalized spacial score (nSPS) is 11.4. The lowest BCUT2D eigenvalue weighted by atomic mass is 10.2. The third-order valence-corrected chi connectivity index (χ3v) is 6.38. The number of imidazole rings is 2. The van der Waals surface area contributed by atoms with E-state index in [1.54, 1.807) is 29.8 Å². The topological polar surface area (TPSA) is 104 Å². The van der Waals surface area contributed by atoms with Crippen LogP contribution >= 0.6 is 11.3 Å². The molecule has 0 aliphatic rings. The van der Waals surface area contributed by atoms with Gasteiger partial charge in [0.05, 0.1) is 16.6 Å². The van der Waals surface area contributed by atoms with Crippen molar-refractivity contribution in [2.45, 2.75) is 26.3 Å². The van der Waals surface area contributed by atoms with E-state index >= 15 is 0 Å². The molecule has 5 rings (SSSR count). The summed E-state index contributed by atoms with van der Waals surface area (Å²) in [7, 11) is 1.58. The minimum atomic E-state index is -0.264. The number of carbonyl (C=O) groups is 2. The molecule has 9 heteroatoms. The summed E-state index contributed by atoms with van der Waals surface area (Å²) in [6, 6.07) is 11.3. The van der Waals surface area contributed by atoms with Gasteiger partial charge in [-0.3, -0.25) is 14.0 Å². The van der Waals surface area contributed by atoms with Crippen molar-refractivity contribution < 1.29 is 9.59 Å². The Bertz CT molecular complexity index is 1510. The quantitative estimate of drug-likeness (QED) is 0.342. The Morgan fingerprint density at radius 1 is 1.15 bits per heavy atom. The number of hydrogen-bond acceptors (Lipinski definition) is 5. The molecule has 0 aliphatic carbocycles. The lowest BCUT2D eigenvalue weighted by molar-refractivity contribution is 0.0944. The predicted molar refractivity (Wildman–Crippen MR) is 133 cm³/mol. The zero-order chi connectivity index (χ0) is 23.8. The summed E-state index contributed by atoms with van der Waals surface area (Å²) in [4.78, 5) is 38.5. The fourth-order valence-electron chi connectivity index (χ4n) is 3.92. The molecule has 0 saturated heterocycles. The second kappa shape index (κ2) is 8.75. The number of aromatic amines is 1. The van der Waals surface area contributed by atoms with Crippen molar-refractivity contribution in [3.8, 4) is 11.3 Å². The molecule has 172 valence electrons. The van der Waals surface area contributed by atoms with Crippen LogP contribution < -0.4 is 10.6 Å². The molecule has 0 spiro atoms. The maximum Gasteiger partial charge on any atom is 0.270 e. The van der Waals surface area contributed by atoms with Crippen LogP contribution in [0.5, 0.6) is 0 Å². The zero-order valence-corrected chi connectivity index (χ0v) is 19.9. The first-order chi connectivity index (χ1) is 16.5. The molecule has 4 aromatic heterocycles. The fraction of sp³-hybridized carbons (Fsp3) is 0.200. The van der Waals surface area contributed by atoms with Gasteiger partial charge in [0.25, 0.3) is 11.8 Å². The highest BCUT2D eigenvalue weighted by Gasteiger charge is 2.23. The summed E-state index contributed by atoms with van der Waals surface area (Å²) in [5, 5.41) is 9.53. The molecular formula is C25H24N6O2S. The summed E-state index contributed by atoms with van der Waals surface area (Å²) >= 11 is 1.52. The van der Waals surface area contributed by atoms with Gasteiger partial charge in [-0.25, -0.2) is 9.97 Å². The van der Waals surface area contributed by atoms with Gasteiger partial charge in [-0.2, -0.15) is 11.3 Å². The number of rotatable bonds is 6. The van der Waals surface area contributed by atoms with Gasteiger partial charge < -0.3 is 15.6 Å². The lowest BCUT2D eigenvalue weighted by Crippen LogP contribution is -2.24. The van der Waals surface area contributed by atoms with Crippen molar-refractivity contribution >= 4 is 39.8 Å². The number of nitrogens with one attached hydrogen (secondary N) is 3. The van der Waals surface area contributed by atoms with Crippen LogP contribution in [0.15, 0.2) is 53.4 Å². The van der Waals surface area contributed by atoms with Crippen LogP contribution in [0, 0.1) is 0 Å². The van der Waals surface area contributed by atoms with Gasteiger partial charge >= 0.3 is 0 Å². The average Bonchev–Trinajstić information content (AvgIpc) is 3.59. The Hall–Kier alpha value is -3.98. The van der Waals surface area contributed by atoms with Crippen LogP contribution in [-0.2, 0) is 6.54 Å². The van der Waals surface area contributed by atoms with E-state index in [9.17, 15) is 9.59 Å². The molecule has 0 atom stereocenters. The van der Waals surface area contributed by atoms with Gasteiger partial charge in [0.1, 0.15) is 17.2 Å². The fourth-order valence-corrected chi connectivity index (χ4v) is 4.56. The smallest absolute Gasteiger partial charge is 0.270 e. The van der Waals surface area contributed by atoms with Crippen molar-refractivity contribution in [3.05, 3.63) is 76.0 Å². The van der Waals surface area contributed by atoms with E-state index in [-0.39, 0.29) is 11.8 Å². The molecular weight excluding hydrogens is 448 g/mol. The van der Waals surface area contributed by atoms with Crippen LogP contribution in [0.1, 0.15) is 52.0 Å². The second-order valence-electron chi connectivity index (χ2n) is 8.33. The molecule has 3 N–H and O–H groups in total. The lowest BCUT2D eigenvalue weighted by Gasteiger charge is -2.07. The third-order valence-electron chi connectivity index (χ3n) is 5.70. The highest BCUT2D eigenvalue weighted by atomic mass is 32.1. The first-order valence-electron chi connectivity index (χ1n) is 11.0. The van der Waals surface area contributed by atoms with E-state index in [0.717, 1.165) is 28.0 Å². The SMILES string of the molecule is CNC(=O)c1c(-c2ccsc2)nc2c(C(=O)NCc3ccc4nc(C(C)C)[nH]c4c3)cccn12. The number of pyridine rings is 1. The number of aromatic nitrogens is 4. The molecule has 8 nitrogen and oxygen atoms in total. The molecule has 0 aliphatic heterocycles. The summed E-state index contributed by atoms with van der Waals surface area (Å²) < 4.78 is 1.67. The summed E-state index contributed by atoms with van der Waals surface area (Å²) in [5.74, 6) is 0.725. The Balaban J connectivity index is 1.45. The van der Waals surface area contributed by atoms with E-state index in [0.29, 0.717) is 35.1 Å². The van der Waals surface area contributed by atoms with Gasteiger partial charge in [-0.15, -0.1) is 0 Å². The Kier molecular flexibility index (Phi) is 5.62. The number of hydrogen-bond donors (Lipinski definition) is 3. The predicted octanol–water partition coefficient (Wildman–Crippen LogP) is 4.35. The summed E-state index contributed by atoms with van der Waals surface area (Å²) in [6.45, 7) is 4.54. The van der Waals surface area contributed by atoms with Crippen molar-refractivity contribution in [1.82, 2.24) is 30.0 Å². The van der Waals surface area contributed by atoms with E-state index in [1.165, 1.54) is 11.3 Å². The van der Waals surface area contributed by atoms with Crippen molar-refractivity contribution in [3.63, 3.8) is 0 Å². The Morgan fingerprint density at radius 2 is 2.00 bits per heavy atom. The minimum absolute atomic E-state index is 0.261. The monoisotopic (exact) mass is 472 g/mol. The van der Waals surface area contributed by atoms with E-state index < -0.39 is 0 Å². The Labute approximate surface area is 200 Å². The van der Waals surface area contributed by atoms with E-state index in [4.69, 9.17) is 4.98 Å². The number of nitrogens with zero attached hydrogens (tertiary/aromatic N) is 3. The van der Waals surface area contributed by atoms with Gasteiger partial charge in [0.2, 0.25) is 0 Å². The number of benzene rings is 1. The standard InChI is InChI=1S/C25H24N6O2S/c1-14(2)22-28-18-7-6-15(11-19(18)29-22)12-27-24(32)17-5-4-9-31-21(25(33)26-3)20(30-23(17)31)16-8-10-34-13-16/h4-11,13-14H,12H2,1-3H3,(H,26,33)(H,27,32)(H,28,29). The summed E-state index contributed by atoms with van der Waals surface area (Å²) in [5.41, 5.74) is 5.43. The molecule has 34 heavy (non-hydrogen) atoms. The molecule has 0 radical (unpaired) electrons. The van der Waals surface area contributed by atoms with Gasteiger partial charge in [0, 0.05) is 36.7 Å². The largest absolute Gasteiger partial charge is 0.354 e. The average molecular weight is 473 g/mol. The van der Waals surface area contributed by atoms with E-state index in [1.807, 2.05) is 35.0 Å². The minimum Gasteiger partial charge on any atom is -0.354 e. The molecule has 4 heterocycles. The van der Waals surface area contributed by atoms with Crippen LogP contribution in [0.4, 0.5) is 0 Å². The molecule has 0 unspecified atom stereocenters. The molecule has 0 bridgehead atoms. The maximum absolute atomic E-state index is 13.2. The van der Waals surface area contributed by atoms with Gasteiger partial charge in [-0.1, -0.05) is 19.9 Å². The first kappa shape index (κ1) is 21.8. The molecule has 0 fully saturated rings. The second-order valence-corrected chi connectivity index (χ2v) is 9.11. The van der Waals surface area contributed by atoms with Gasteiger partial charge in [0.15, 0.2) is 5.65 Å². The van der Waals surface area contributed by atoms with Crippen molar-refractivity contribution in [1.29, 1.82) is 0 Å². The van der Waals surface area contributed by atoms with Crippen LogP contribution in [0.2, 0.25) is 0 Å². The highest BCUT2D eigenvalue weighted by Crippen LogP contribution is 2.28. The van der Waals surface area contributed by atoms with Crippen LogP contribution in [0.25, 0.3) is 27.9 Å². The number of fused-ring (bicyclic) bond motifs is 2. The van der Waals surface area contributed by atoms with E-state index in [2.05, 4.69) is 34.4 Å². The van der Waals surface area contributed by atoms with Crippen molar-refractivity contribution in [2.75, 3.05) is 7.05 Å². The zero-order valence-electron chi connectivity index (χ0n) is 19.0. The van der Waals surface area contributed by atoms with Crippen LogP contribution in [0.3, 0.4) is 0 Å². The summed E-state index contributed by atoms with van der Waals surface area (Å²) in [6.07, 6.45) is 1.75. The third kappa shape index (κ3) is 3.84. The molecule has 5 aromatic rings. The molecule has 2 amide bonds. The number of thiophene rings is 1. The number of amides is 2. The van der Waals surface area contributed by atoms with Crippen molar-refractivity contribution in [2.24, 2.45) is 0 Å². The molecule has 1 aromatic carbocycles. The van der Waals surface area contributed by atoms with Gasteiger partial charge in [-0.05, 0) is 41.3 Å². The maximum atomic E-state index is 13.2. The molecule has 0 saturated carbocycles. The number of H-pyrrole nitrogens is 1. The Morgan fingerprint density at radius 3 is 2.74 bits per heavy atom. The van der Waals surface area contributed by atoms with Crippen LogP contribution in [-0.4, -0.2) is 38.2 Å². The number of carbonyl (C=O) groups excluding carboxylic acids is 2. The highest BCUT2D eigenvalue weighted by molar-refractivity contribution is 7.08.